The van der Waals surface area contributed by atoms with E-state index in [1.54, 1.807) is 0 Å². The van der Waals surface area contributed by atoms with Crippen molar-refractivity contribution >= 4 is 11.8 Å². The lowest BCUT2D eigenvalue weighted by Gasteiger charge is -2.18. The number of hydrogen-bond donors (Lipinski definition) is 1. The Balaban J connectivity index is 1.60. The monoisotopic (exact) mass is 256 g/mol. The van der Waals surface area contributed by atoms with Gasteiger partial charge in [-0.1, -0.05) is 5.16 Å². The van der Waals surface area contributed by atoms with E-state index < -0.39 is 0 Å². The van der Waals surface area contributed by atoms with Crippen molar-refractivity contribution in [2.45, 2.75) is 31.5 Å². The highest BCUT2D eigenvalue weighted by Gasteiger charge is 2.31. The fourth-order valence-electron chi connectivity index (χ4n) is 1.95. The molecule has 1 aromatic heterocycles. The summed E-state index contributed by atoms with van der Waals surface area (Å²) in [5, 5.41) is 13.7. The first-order chi connectivity index (χ1) is 8.33. The van der Waals surface area contributed by atoms with E-state index in [2.05, 4.69) is 10.1 Å². The molecule has 0 aromatic carbocycles. The van der Waals surface area contributed by atoms with Crippen molar-refractivity contribution in [3.05, 3.63) is 11.7 Å². The van der Waals surface area contributed by atoms with Crippen LogP contribution in [-0.2, 0) is 11.2 Å². The van der Waals surface area contributed by atoms with Gasteiger partial charge in [-0.2, -0.15) is 16.7 Å². The lowest BCUT2D eigenvalue weighted by molar-refractivity contribution is 0.0677. The van der Waals surface area contributed by atoms with Gasteiger partial charge in [0.15, 0.2) is 0 Å². The standard InChI is InChI=1S/C11H16N2O3S/c14-8(7-1-2-7)5-10-12-11(13-16-10)9-6-17-4-3-15-9/h7-9,14H,1-6H2. The number of aliphatic hydroxyl groups is 1. The van der Waals surface area contributed by atoms with Gasteiger partial charge in [0.2, 0.25) is 11.7 Å². The van der Waals surface area contributed by atoms with Gasteiger partial charge in [-0.15, -0.1) is 0 Å². The molecule has 5 nitrogen and oxygen atoms in total. The molecule has 2 aliphatic rings. The third kappa shape index (κ3) is 2.81. The topological polar surface area (TPSA) is 68.4 Å². The molecule has 1 N–H and O–H groups in total. The Morgan fingerprint density at radius 2 is 2.35 bits per heavy atom. The maximum atomic E-state index is 9.80. The van der Waals surface area contributed by atoms with E-state index in [4.69, 9.17) is 9.26 Å². The average molecular weight is 256 g/mol. The number of ether oxygens (including phenoxy) is 1. The van der Waals surface area contributed by atoms with Crippen molar-refractivity contribution < 1.29 is 14.4 Å². The van der Waals surface area contributed by atoms with Crippen LogP contribution in [0, 0.1) is 5.92 Å². The van der Waals surface area contributed by atoms with E-state index in [-0.39, 0.29) is 12.2 Å². The zero-order chi connectivity index (χ0) is 11.7. The molecular formula is C11H16N2O3S. The molecule has 0 bridgehead atoms. The number of rotatable bonds is 4. The van der Waals surface area contributed by atoms with Crippen molar-refractivity contribution in [3.63, 3.8) is 0 Å². The maximum absolute atomic E-state index is 9.80. The predicted molar refractivity (Wildman–Crippen MR) is 62.8 cm³/mol. The van der Waals surface area contributed by atoms with Gasteiger partial charge in [0.05, 0.1) is 19.1 Å². The Morgan fingerprint density at radius 3 is 3.06 bits per heavy atom. The molecule has 0 radical (unpaired) electrons. The van der Waals surface area contributed by atoms with E-state index in [0.717, 1.165) is 31.0 Å². The molecule has 1 saturated carbocycles. The van der Waals surface area contributed by atoms with E-state index >= 15 is 0 Å². The summed E-state index contributed by atoms with van der Waals surface area (Å²) in [7, 11) is 0. The highest BCUT2D eigenvalue weighted by molar-refractivity contribution is 7.99. The Hall–Kier alpha value is -0.590. The van der Waals surface area contributed by atoms with Gasteiger partial charge in [0.1, 0.15) is 6.10 Å². The second-order valence-electron chi connectivity index (χ2n) is 4.59. The molecule has 3 rings (SSSR count). The molecule has 17 heavy (non-hydrogen) atoms. The Morgan fingerprint density at radius 1 is 1.47 bits per heavy atom. The fraction of sp³-hybridized carbons (Fsp3) is 0.818. The molecule has 1 saturated heterocycles. The number of aliphatic hydroxyl groups excluding tert-OH is 1. The van der Waals surface area contributed by atoms with Crippen molar-refractivity contribution in [3.8, 4) is 0 Å². The highest BCUT2D eigenvalue weighted by atomic mass is 32.2. The molecule has 2 heterocycles. The lowest BCUT2D eigenvalue weighted by Crippen LogP contribution is -2.17. The van der Waals surface area contributed by atoms with Gasteiger partial charge < -0.3 is 14.4 Å². The Labute approximate surface area is 104 Å². The second kappa shape index (κ2) is 4.96. The van der Waals surface area contributed by atoms with Crippen LogP contribution in [0.2, 0.25) is 0 Å². The van der Waals surface area contributed by atoms with E-state index in [9.17, 15) is 5.11 Å². The highest BCUT2D eigenvalue weighted by Crippen LogP contribution is 2.34. The summed E-state index contributed by atoms with van der Waals surface area (Å²) < 4.78 is 10.7. The van der Waals surface area contributed by atoms with Crippen LogP contribution >= 0.6 is 11.8 Å². The van der Waals surface area contributed by atoms with Crippen LogP contribution in [0.1, 0.15) is 30.7 Å². The van der Waals surface area contributed by atoms with Crippen molar-refractivity contribution in [1.29, 1.82) is 0 Å². The molecule has 6 heteroatoms. The summed E-state index contributed by atoms with van der Waals surface area (Å²) in [5.74, 6) is 3.49. The minimum Gasteiger partial charge on any atom is -0.392 e. The minimum absolute atomic E-state index is 0.0516. The quantitative estimate of drug-likeness (QED) is 0.872. The van der Waals surface area contributed by atoms with Crippen LogP contribution < -0.4 is 0 Å². The molecule has 2 unspecified atom stereocenters. The van der Waals surface area contributed by atoms with Gasteiger partial charge in [-0.05, 0) is 18.8 Å². The molecule has 0 amide bonds. The van der Waals surface area contributed by atoms with Crippen molar-refractivity contribution in [2.24, 2.45) is 5.92 Å². The molecule has 94 valence electrons. The molecule has 1 aliphatic heterocycles. The van der Waals surface area contributed by atoms with E-state index in [0.29, 0.717) is 24.1 Å². The summed E-state index contributed by atoms with van der Waals surface area (Å²) in [6.45, 7) is 0.740. The first-order valence-electron chi connectivity index (χ1n) is 6.03. The minimum atomic E-state index is -0.329. The normalized spacial score (nSPS) is 27.0. The number of hydrogen-bond acceptors (Lipinski definition) is 6. The summed E-state index contributed by atoms with van der Waals surface area (Å²) in [6.07, 6.45) is 2.32. The molecule has 2 atom stereocenters. The predicted octanol–water partition coefficient (Wildman–Crippen LogP) is 1.19. The van der Waals surface area contributed by atoms with Gasteiger partial charge in [0.25, 0.3) is 0 Å². The van der Waals surface area contributed by atoms with Crippen LogP contribution in [0.4, 0.5) is 0 Å². The number of nitrogens with zero attached hydrogens (tertiary/aromatic N) is 2. The maximum Gasteiger partial charge on any atom is 0.229 e. The van der Waals surface area contributed by atoms with Crippen LogP contribution in [0.3, 0.4) is 0 Å². The SMILES string of the molecule is OC(Cc1nc(C2CSCCO2)no1)C1CC1. The molecular weight excluding hydrogens is 240 g/mol. The summed E-state index contributed by atoms with van der Waals surface area (Å²) in [5.41, 5.74) is 0. The number of thioether (sulfide) groups is 1. The molecule has 0 spiro atoms. The van der Waals surface area contributed by atoms with Crippen LogP contribution in [0.15, 0.2) is 4.52 Å². The zero-order valence-electron chi connectivity index (χ0n) is 9.54. The molecule has 1 aromatic rings. The summed E-state index contributed by atoms with van der Waals surface area (Å²) in [4.78, 5) is 4.31. The largest absolute Gasteiger partial charge is 0.392 e. The first kappa shape index (κ1) is 11.5. The Kier molecular flexibility index (Phi) is 3.35. The van der Waals surface area contributed by atoms with Gasteiger partial charge >= 0.3 is 0 Å². The molecule has 1 aliphatic carbocycles. The third-order valence-corrected chi connectivity index (χ3v) is 4.13. The number of aromatic nitrogens is 2. The average Bonchev–Trinajstić information content (AvgIpc) is 3.12. The smallest absolute Gasteiger partial charge is 0.229 e. The first-order valence-corrected chi connectivity index (χ1v) is 7.18. The summed E-state index contributed by atoms with van der Waals surface area (Å²) >= 11 is 1.84. The Bertz CT molecular complexity index is 375. The zero-order valence-corrected chi connectivity index (χ0v) is 10.4. The van der Waals surface area contributed by atoms with Gasteiger partial charge in [-0.25, -0.2) is 0 Å². The summed E-state index contributed by atoms with van der Waals surface area (Å²) in [6, 6.07) is 0. The van der Waals surface area contributed by atoms with Crippen LogP contribution in [-0.4, -0.2) is 39.5 Å². The van der Waals surface area contributed by atoms with E-state index in [1.165, 1.54) is 0 Å². The van der Waals surface area contributed by atoms with Crippen LogP contribution in [0.5, 0.6) is 0 Å². The van der Waals surface area contributed by atoms with Crippen molar-refractivity contribution in [1.82, 2.24) is 10.1 Å². The van der Waals surface area contributed by atoms with Crippen LogP contribution in [0.25, 0.3) is 0 Å². The second-order valence-corrected chi connectivity index (χ2v) is 5.74. The van der Waals surface area contributed by atoms with Gasteiger partial charge in [0, 0.05) is 11.5 Å². The van der Waals surface area contributed by atoms with Crippen molar-refractivity contribution in [2.75, 3.05) is 18.1 Å². The fourth-order valence-corrected chi connectivity index (χ4v) is 2.79. The lowest BCUT2D eigenvalue weighted by atomic mass is 10.2. The van der Waals surface area contributed by atoms with E-state index in [1.807, 2.05) is 11.8 Å². The molecule has 2 fully saturated rings. The third-order valence-electron chi connectivity index (χ3n) is 3.14. The van der Waals surface area contributed by atoms with Gasteiger partial charge in [-0.3, -0.25) is 0 Å².